The standard InChI is InChI=1S/C33H40N4.C8H14.C5H10.C4H8/c1-6-10-13-25(9-4)30-21-20-27-19-18-26(32(35)33(27)37-30)17-16-24(8-3)28-14-11-15-29(23(28)5)31(12-7-2)36-22-34;1-5-6-8(4)7(2)3;1-3-5-4-2;1-3-4-2/h6-7,9-21,23-24,28,36H,1-2,8,22,34-35H2,3-5H3;5-6H,1-4H3;3,5H,4H2,1-2H3;3-4H,1-2H3/b13-10-,17-16-,25-9+,31-12-;6-5-;5-3-;4-3-. The summed E-state index contributed by atoms with van der Waals surface area (Å²) in [5.74, 6) is 1.03. The van der Waals surface area contributed by atoms with Gasteiger partial charge in [-0.15, -0.1) is 0 Å². The van der Waals surface area contributed by atoms with Gasteiger partial charge in [0.05, 0.1) is 23.6 Å². The topological polar surface area (TPSA) is 77.0 Å². The number of benzene rings is 1. The molecule has 1 aromatic heterocycles. The van der Waals surface area contributed by atoms with Crippen LogP contribution in [0.2, 0.25) is 0 Å². The minimum absolute atomic E-state index is 0.325. The Morgan fingerprint density at radius 2 is 1.61 bits per heavy atom. The molecule has 0 saturated heterocycles. The summed E-state index contributed by atoms with van der Waals surface area (Å²) in [6, 6.07) is 8.28. The first-order chi connectivity index (χ1) is 26.0. The van der Waals surface area contributed by atoms with Crippen LogP contribution in [-0.2, 0) is 0 Å². The molecule has 0 fully saturated rings. The Morgan fingerprint density at radius 3 is 2.09 bits per heavy atom. The highest BCUT2D eigenvalue weighted by Gasteiger charge is 2.27. The maximum absolute atomic E-state index is 6.66. The van der Waals surface area contributed by atoms with Gasteiger partial charge in [0.2, 0.25) is 0 Å². The van der Waals surface area contributed by atoms with E-state index in [4.69, 9.17) is 16.5 Å². The molecule has 2 aromatic rings. The third kappa shape index (κ3) is 17.3. The molecule has 5 N–H and O–H groups in total. The van der Waals surface area contributed by atoms with Crippen molar-refractivity contribution in [1.29, 1.82) is 0 Å². The van der Waals surface area contributed by atoms with Gasteiger partial charge in [0.15, 0.2) is 0 Å². The van der Waals surface area contributed by atoms with E-state index in [0.29, 0.717) is 30.1 Å². The predicted octanol–water partition coefficient (Wildman–Crippen LogP) is 13.8. The summed E-state index contributed by atoms with van der Waals surface area (Å²) in [7, 11) is 0. The van der Waals surface area contributed by atoms with Gasteiger partial charge in [-0.2, -0.15) is 0 Å². The van der Waals surface area contributed by atoms with Gasteiger partial charge in [0.25, 0.3) is 0 Å². The van der Waals surface area contributed by atoms with Crippen LogP contribution in [0.1, 0.15) is 100 Å². The van der Waals surface area contributed by atoms with Crippen LogP contribution in [0.15, 0.2) is 157 Å². The Bertz CT molecular complexity index is 1720. The Morgan fingerprint density at radius 1 is 0.926 bits per heavy atom. The van der Waals surface area contributed by atoms with Crippen molar-refractivity contribution in [1.82, 2.24) is 10.3 Å². The first kappa shape index (κ1) is 49.1. The molecule has 3 rings (SSSR count). The lowest BCUT2D eigenvalue weighted by Gasteiger charge is -2.32. The molecular formula is C50H72N4. The molecule has 54 heavy (non-hydrogen) atoms. The summed E-state index contributed by atoms with van der Waals surface area (Å²) in [5, 5.41) is 4.31. The number of hydrogen-bond acceptors (Lipinski definition) is 4. The normalized spacial score (nSPS) is 16.4. The second-order valence-corrected chi connectivity index (χ2v) is 13.0. The van der Waals surface area contributed by atoms with Gasteiger partial charge in [-0.05, 0) is 115 Å². The van der Waals surface area contributed by atoms with Gasteiger partial charge in [0.1, 0.15) is 0 Å². The molecule has 0 radical (unpaired) electrons. The Kier molecular flexibility index (Phi) is 26.8. The number of pyridine rings is 1. The maximum Gasteiger partial charge on any atom is 0.0944 e. The fraction of sp³-hybridized carbons (Fsp3) is 0.340. The predicted molar refractivity (Wildman–Crippen MR) is 247 cm³/mol. The monoisotopic (exact) mass is 729 g/mol. The molecule has 1 aromatic carbocycles. The number of nitrogens with two attached hydrogens (primary N) is 2. The van der Waals surface area contributed by atoms with Crippen molar-refractivity contribution in [3.05, 3.63) is 168 Å². The molecule has 292 valence electrons. The molecule has 3 unspecified atom stereocenters. The summed E-state index contributed by atoms with van der Waals surface area (Å²) < 4.78 is 0. The third-order valence-electron chi connectivity index (χ3n) is 9.02. The highest BCUT2D eigenvalue weighted by molar-refractivity contribution is 5.95. The lowest BCUT2D eigenvalue weighted by molar-refractivity contribution is 0.368. The zero-order valence-corrected chi connectivity index (χ0v) is 35.5. The van der Waals surface area contributed by atoms with Crippen LogP contribution in [0, 0.1) is 17.8 Å². The Labute approximate surface area is 330 Å². The van der Waals surface area contributed by atoms with Crippen molar-refractivity contribution in [2.45, 2.75) is 89.0 Å². The average Bonchev–Trinajstić information content (AvgIpc) is 3.17. The lowest BCUT2D eigenvalue weighted by Crippen LogP contribution is -2.29. The van der Waals surface area contributed by atoms with E-state index in [-0.39, 0.29) is 0 Å². The van der Waals surface area contributed by atoms with Crippen LogP contribution in [0.5, 0.6) is 0 Å². The zero-order valence-electron chi connectivity index (χ0n) is 35.5. The van der Waals surface area contributed by atoms with Crippen LogP contribution in [0.4, 0.5) is 5.69 Å². The first-order valence-electron chi connectivity index (χ1n) is 19.4. The quantitative estimate of drug-likeness (QED) is 0.0830. The molecule has 1 aliphatic rings. The highest BCUT2D eigenvalue weighted by atomic mass is 15.0. The number of aromatic nitrogens is 1. The van der Waals surface area contributed by atoms with E-state index < -0.39 is 0 Å². The van der Waals surface area contributed by atoms with Gasteiger partial charge in [-0.1, -0.05) is 160 Å². The number of nitrogens with one attached hydrogen (secondary N) is 1. The van der Waals surface area contributed by atoms with E-state index in [0.717, 1.165) is 46.3 Å². The first-order valence-corrected chi connectivity index (χ1v) is 19.4. The van der Waals surface area contributed by atoms with Crippen molar-refractivity contribution in [3.63, 3.8) is 0 Å². The van der Waals surface area contributed by atoms with Crippen molar-refractivity contribution < 1.29 is 0 Å². The number of allylic oxidation sites excluding steroid dienone is 20. The van der Waals surface area contributed by atoms with Gasteiger partial charge < -0.3 is 16.8 Å². The number of nitrogens with zero attached hydrogens (tertiary/aromatic N) is 1. The zero-order chi connectivity index (χ0) is 40.9. The molecule has 4 nitrogen and oxygen atoms in total. The Hall–Kier alpha value is -4.93. The fourth-order valence-corrected chi connectivity index (χ4v) is 5.60. The van der Waals surface area contributed by atoms with Gasteiger partial charge in [0, 0.05) is 11.1 Å². The summed E-state index contributed by atoms with van der Waals surface area (Å²) in [6.07, 6.45) is 37.1. The fourth-order valence-electron chi connectivity index (χ4n) is 5.60. The van der Waals surface area contributed by atoms with Crippen molar-refractivity contribution in [2.75, 3.05) is 12.4 Å². The van der Waals surface area contributed by atoms with Crippen molar-refractivity contribution >= 4 is 28.2 Å². The second-order valence-electron chi connectivity index (χ2n) is 13.0. The lowest BCUT2D eigenvalue weighted by atomic mass is 9.74. The molecule has 0 amide bonds. The molecule has 4 heteroatoms. The van der Waals surface area contributed by atoms with Gasteiger partial charge in [-0.3, -0.25) is 0 Å². The summed E-state index contributed by atoms with van der Waals surface area (Å²) in [6.45, 7) is 31.1. The molecule has 0 bridgehead atoms. The van der Waals surface area contributed by atoms with Crippen LogP contribution < -0.4 is 16.8 Å². The highest BCUT2D eigenvalue weighted by Crippen LogP contribution is 2.37. The van der Waals surface area contributed by atoms with Crippen LogP contribution in [0.25, 0.3) is 22.6 Å². The van der Waals surface area contributed by atoms with Crippen LogP contribution in [-0.4, -0.2) is 11.7 Å². The van der Waals surface area contributed by atoms with E-state index in [9.17, 15) is 0 Å². The molecule has 0 spiro atoms. The van der Waals surface area contributed by atoms with Crippen molar-refractivity contribution in [3.8, 4) is 0 Å². The molecule has 1 aliphatic carbocycles. The minimum atomic E-state index is 0.325. The number of anilines is 1. The van der Waals surface area contributed by atoms with Crippen molar-refractivity contribution in [2.24, 2.45) is 23.5 Å². The second kappa shape index (κ2) is 29.5. The third-order valence-corrected chi connectivity index (χ3v) is 9.02. The Balaban J connectivity index is 0.00000137. The van der Waals surface area contributed by atoms with Gasteiger partial charge in [-0.25, -0.2) is 4.98 Å². The van der Waals surface area contributed by atoms with E-state index in [2.05, 4.69) is 133 Å². The molecular weight excluding hydrogens is 657 g/mol. The average molecular weight is 729 g/mol. The number of nitrogen functional groups attached to an aromatic ring is 1. The molecule has 1 heterocycles. The minimum Gasteiger partial charge on any atom is -0.396 e. The van der Waals surface area contributed by atoms with E-state index in [1.807, 2.05) is 77.1 Å². The largest absolute Gasteiger partial charge is 0.396 e. The summed E-state index contributed by atoms with van der Waals surface area (Å²) in [4.78, 5) is 4.91. The van der Waals surface area contributed by atoms with Crippen LogP contribution >= 0.6 is 0 Å². The summed E-state index contributed by atoms with van der Waals surface area (Å²) in [5.41, 5.74) is 21.9. The van der Waals surface area contributed by atoms with Crippen LogP contribution in [0.3, 0.4) is 0 Å². The number of hydrogen-bond donors (Lipinski definition) is 3. The summed E-state index contributed by atoms with van der Waals surface area (Å²) >= 11 is 0. The molecule has 3 atom stereocenters. The maximum atomic E-state index is 6.66. The number of fused-ring (bicyclic) bond motifs is 1. The van der Waals surface area contributed by atoms with Gasteiger partial charge >= 0.3 is 0 Å². The van der Waals surface area contributed by atoms with E-state index >= 15 is 0 Å². The SMILES string of the molecule is C/C=C\C.C/C=C\C(C)=C(C)C.C/C=C\CC.C=C/C=C\C(=C/C)c1ccc2ccc(/C=C\C(CC)C3C=CC=C(/C(=C/C=C)NCN)C3C)c(N)c2n1. The molecule has 0 aliphatic heterocycles. The van der Waals surface area contributed by atoms with E-state index in [1.54, 1.807) is 12.2 Å². The number of rotatable bonds is 13. The smallest absolute Gasteiger partial charge is 0.0944 e. The van der Waals surface area contributed by atoms with E-state index in [1.165, 1.54) is 16.7 Å². The molecule has 0 saturated carbocycles.